The van der Waals surface area contributed by atoms with Gasteiger partial charge < -0.3 is 19.6 Å². The van der Waals surface area contributed by atoms with Crippen molar-refractivity contribution in [2.75, 3.05) is 13.4 Å². The minimum absolute atomic E-state index is 0.219. The SMILES string of the molecule is Cc1[nH]c2cc3c(cc2c1CCCO)OCO3. The maximum Gasteiger partial charge on any atom is 0.231 e. The van der Waals surface area contributed by atoms with E-state index in [4.69, 9.17) is 14.6 Å². The number of nitrogens with one attached hydrogen (secondary N) is 1. The molecule has 0 aliphatic carbocycles. The van der Waals surface area contributed by atoms with E-state index in [1.807, 2.05) is 12.1 Å². The van der Waals surface area contributed by atoms with Crippen LogP contribution in [0.4, 0.5) is 0 Å². The number of rotatable bonds is 3. The lowest BCUT2D eigenvalue weighted by Crippen LogP contribution is -1.93. The first-order valence-electron chi connectivity index (χ1n) is 5.81. The predicted octanol–water partition coefficient (Wildman–Crippen LogP) is 2.13. The zero-order valence-electron chi connectivity index (χ0n) is 9.75. The first-order chi connectivity index (χ1) is 8.29. The predicted molar refractivity (Wildman–Crippen MR) is 64.6 cm³/mol. The number of aliphatic hydroxyl groups excluding tert-OH is 1. The van der Waals surface area contributed by atoms with Gasteiger partial charge >= 0.3 is 0 Å². The topological polar surface area (TPSA) is 54.5 Å². The molecule has 90 valence electrons. The summed E-state index contributed by atoms with van der Waals surface area (Å²) in [7, 11) is 0. The van der Waals surface area contributed by atoms with E-state index in [1.54, 1.807) is 0 Å². The van der Waals surface area contributed by atoms with E-state index >= 15 is 0 Å². The second-order valence-corrected chi connectivity index (χ2v) is 4.31. The van der Waals surface area contributed by atoms with Crippen molar-refractivity contribution in [3.63, 3.8) is 0 Å². The summed E-state index contributed by atoms with van der Waals surface area (Å²) in [5.41, 5.74) is 3.48. The Balaban J connectivity index is 2.11. The third-order valence-corrected chi connectivity index (χ3v) is 3.20. The molecule has 0 saturated heterocycles. The van der Waals surface area contributed by atoms with E-state index in [0.717, 1.165) is 35.6 Å². The van der Waals surface area contributed by atoms with Crippen LogP contribution in [0.3, 0.4) is 0 Å². The summed E-state index contributed by atoms with van der Waals surface area (Å²) >= 11 is 0. The third-order valence-electron chi connectivity index (χ3n) is 3.20. The maximum atomic E-state index is 8.93. The van der Waals surface area contributed by atoms with E-state index in [2.05, 4.69) is 11.9 Å². The Labute approximate surface area is 99.2 Å². The maximum absolute atomic E-state index is 8.93. The van der Waals surface area contributed by atoms with E-state index in [9.17, 15) is 0 Å². The molecular weight excluding hydrogens is 218 g/mol. The summed E-state index contributed by atoms with van der Waals surface area (Å²) in [5.74, 6) is 1.61. The summed E-state index contributed by atoms with van der Waals surface area (Å²) in [6.07, 6.45) is 1.66. The van der Waals surface area contributed by atoms with Crippen molar-refractivity contribution in [3.05, 3.63) is 23.4 Å². The summed E-state index contributed by atoms with van der Waals surface area (Å²) in [6, 6.07) is 4.00. The molecule has 0 unspecified atom stereocenters. The lowest BCUT2D eigenvalue weighted by Gasteiger charge is -2.00. The Kier molecular flexibility index (Phi) is 2.44. The minimum Gasteiger partial charge on any atom is -0.454 e. The molecule has 2 aromatic rings. The number of aromatic amines is 1. The Morgan fingerprint density at radius 3 is 2.82 bits per heavy atom. The highest BCUT2D eigenvalue weighted by atomic mass is 16.7. The quantitative estimate of drug-likeness (QED) is 0.853. The van der Waals surface area contributed by atoms with Gasteiger partial charge in [0.05, 0.1) is 0 Å². The lowest BCUT2D eigenvalue weighted by atomic mass is 10.1. The van der Waals surface area contributed by atoms with Crippen LogP contribution in [0.5, 0.6) is 11.5 Å². The highest BCUT2D eigenvalue weighted by Gasteiger charge is 2.17. The summed E-state index contributed by atoms with van der Waals surface area (Å²) in [4.78, 5) is 3.35. The van der Waals surface area contributed by atoms with Crippen LogP contribution in [0.2, 0.25) is 0 Å². The van der Waals surface area contributed by atoms with Crippen LogP contribution in [0, 0.1) is 6.92 Å². The van der Waals surface area contributed by atoms with Gasteiger partial charge in [-0.1, -0.05) is 0 Å². The molecule has 0 atom stereocenters. The molecule has 17 heavy (non-hydrogen) atoms. The number of hydrogen-bond donors (Lipinski definition) is 2. The zero-order valence-corrected chi connectivity index (χ0v) is 9.75. The molecule has 3 rings (SSSR count). The first-order valence-corrected chi connectivity index (χ1v) is 5.81. The second kappa shape index (κ2) is 3.96. The highest BCUT2D eigenvalue weighted by molar-refractivity contribution is 5.88. The standard InChI is InChI=1S/C13H15NO3/c1-8-9(3-2-4-15)10-5-12-13(17-7-16-12)6-11(10)14-8/h5-6,14-15H,2-4,7H2,1H3. The molecule has 4 heteroatoms. The number of aromatic nitrogens is 1. The van der Waals surface area contributed by atoms with Gasteiger partial charge in [-0.15, -0.1) is 0 Å². The van der Waals surface area contributed by atoms with E-state index < -0.39 is 0 Å². The van der Waals surface area contributed by atoms with Crippen molar-refractivity contribution >= 4 is 10.9 Å². The molecule has 0 fully saturated rings. The smallest absolute Gasteiger partial charge is 0.231 e. The van der Waals surface area contributed by atoms with Crippen molar-refractivity contribution < 1.29 is 14.6 Å². The zero-order chi connectivity index (χ0) is 11.8. The molecule has 0 bridgehead atoms. The molecule has 1 aliphatic rings. The number of benzene rings is 1. The molecule has 0 saturated carbocycles. The average molecular weight is 233 g/mol. The molecule has 0 spiro atoms. The van der Waals surface area contributed by atoms with Gasteiger partial charge in [-0.3, -0.25) is 0 Å². The van der Waals surface area contributed by atoms with Crippen LogP contribution in [0.15, 0.2) is 12.1 Å². The van der Waals surface area contributed by atoms with Crippen LogP contribution in [-0.4, -0.2) is 23.5 Å². The van der Waals surface area contributed by atoms with Crippen LogP contribution in [0.1, 0.15) is 17.7 Å². The van der Waals surface area contributed by atoms with Crippen molar-refractivity contribution in [1.29, 1.82) is 0 Å². The molecule has 1 aromatic carbocycles. The highest BCUT2D eigenvalue weighted by Crippen LogP contribution is 2.37. The van der Waals surface area contributed by atoms with Gasteiger partial charge in [0.25, 0.3) is 0 Å². The Bertz CT molecular complexity index is 559. The second-order valence-electron chi connectivity index (χ2n) is 4.31. The molecule has 4 nitrogen and oxygen atoms in total. The van der Waals surface area contributed by atoms with E-state index in [1.165, 1.54) is 10.9 Å². The number of fused-ring (bicyclic) bond motifs is 2. The largest absolute Gasteiger partial charge is 0.454 e. The summed E-state index contributed by atoms with van der Waals surface area (Å²) < 4.78 is 10.7. The third kappa shape index (κ3) is 1.65. The van der Waals surface area contributed by atoms with Gasteiger partial charge in [0.1, 0.15) is 0 Å². The van der Waals surface area contributed by atoms with Crippen LogP contribution < -0.4 is 9.47 Å². The molecule has 1 aliphatic heterocycles. The fourth-order valence-electron chi connectivity index (χ4n) is 2.35. The van der Waals surface area contributed by atoms with E-state index in [0.29, 0.717) is 6.79 Å². The van der Waals surface area contributed by atoms with Gasteiger partial charge in [0.2, 0.25) is 6.79 Å². The van der Waals surface area contributed by atoms with Gasteiger partial charge in [-0.25, -0.2) is 0 Å². The average Bonchev–Trinajstić information content (AvgIpc) is 2.87. The van der Waals surface area contributed by atoms with Crippen molar-refractivity contribution in [1.82, 2.24) is 4.98 Å². The molecule has 2 N–H and O–H groups in total. The molecule has 0 amide bonds. The van der Waals surface area contributed by atoms with Crippen LogP contribution in [0.25, 0.3) is 10.9 Å². The van der Waals surface area contributed by atoms with Crippen molar-refractivity contribution in [3.8, 4) is 11.5 Å². The van der Waals surface area contributed by atoms with Gasteiger partial charge in [0, 0.05) is 29.3 Å². The van der Waals surface area contributed by atoms with Crippen LogP contribution in [-0.2, 0) is 6.42 Å². The normalized spacial score (nSPS) is 13.5. The number of aliphatic hydroxyl groups is 1. The van der Waals surface area contributed by atoms with Gasteiger partial charge in [-0.05, 0) is 31.4 Å². The minimum atomic E-state index is 0.219. The molecule has 1 aromatic heterocycles. The number of hydrogen-bond acceptors (Lipinski definition) is 3. The first kappa shape index (κ1) is 10.5. The Hall–Kier alpha value is -1.68. The fourth-order valence-corrected chi connectivity index (χ4v) is 2.35. The summed E-state index contributed by atoms with van der Waals surface area (Å²) in [5, 5.41) is 10.1. The van der Waals surface area contributed by atoms with Crippen molar-refractivity contribution in [2.24, 2.45) is 0 Å². The summed E-state index contributed by atoms with van der Waals surface area (Å²) in [6.45, 7) is 2.57. The van der Waals surface area contributed by atoms with Crippen molar-refractivity contribution in [2.45, 2.75) is 19.8 Å². The lowest BCUT2D eigenvalue weighted by molar-refractivity contribution is 0.174. The number of aryl methyl sites for hydroxylation is 2. The number of H-pyrrole nitrogens is 1. The van der Waals surface area contributed by atoms with Crippen LogP contribution >= 0.6 is 0 Å². The fraction of sp³-hybridized carbons (Fsp3) is 0.385. The Morgan fingerprint density at radius 1 is 1.29 bits per heavy atom. The van der Waals surface area contributed by atoms with Gasteiger partial charge in [0.15, 0.2) is 11.5 Å². The molecular formula is C13H15NO3. The molecule has 0 radical (unpaired) electrons. The number of ether oxygens (including phenoxy) is 2. The van der Waals surface area contributed by atoms with E-state index in [-0.39, 0.29) is 6.61 Å². The monoisotopic (exact) mass is 233 g/mol. The molecule has 2 heterocycles. The van der Waals surface area contributed by atoms with Gasteiger partial charge in [-0.2, -0.15) is 0 Å². The Morgan fingerprint density at radius 2 is 2.06 bits per heavy atom.